The minimum Gasteiger partial charge on any atom is -0.496 e. The van der Waals surface area contributed by atoms with Crippen molar-refractivity contribution in [3.8, 4) is 5.75 Å². The fraction of sp³-hybridized carbons (Fsp3) is 0.143. The van der Waals surface area contributed by atoms with Crippen LogP contribution < -0.4 is 10.1 Å². The van der Waals surface area contributed by atoms with E-state index in [2.05, 4.69) is 10.3 Å². The van der Waals surface area contributed by atoms with Crippen LogP contribution in [-0.4, -0.2) is 23.2 Å². The van der Waals surface area contributed by atoms with E-state index in [0.717, 1.165) is 17.0 Å². The molecular weight excluding hydrogens is 244 g/mol. The number of benzene rings is 1. The number of methoxy groups -OCH3 is 1. The first-order valence-corrected chi connectivity index (χ1v) is 5.72. The quantitative estimate of drug-likeness (QED) is 0.882. The lowest BCUT2D eigenvalue weighted by Gasteiger charge is -2.10. The van der Waals surface area contributed by atoms with Crippen LogP contribution in [0.3, 0.4) is 0 Å². The molecule has 0 saturated heterocycles. The second-order valence-corrected chi connectivity index (χ2v) is 4.01. The van der Waals surface area contributed by atoms with Crippen molar-refractivity contribution in [1.82, 2.24) is 4.98 Å². The van der Waals surface area contributed by atoms with Crippen LogP contribution in [0.25, 0.3) is 0 Å². The average Bonchev–Trinajstić information content (AvgIpc) is 2.39. The summed E-state index contributed by atoms with van der Waals surface area (Å²) in [6.07, 6.45) is 1.55. The van der Waals surface area contributed by atoms with E-state index in [0.29, 0.717) is 5.82 Å². The van der Waals surface area contributed by atoms with E-state index in [1.807, 2.05) is 25.1 Å². The lowest BCUT2D eigenvalue weighted by atomic mass is 10.2. The van der Waals surface area contributed by atoms with Crippen molar-refractivity contribution >= 4 is 17.5 Å². The summed E-state index contributed by atoms with van der Waals surface area (Å²) in [6, 6.07) is 8.61. The number of anilines is 2. The average molecular weight is 258 g/mol. The largest absolute Gasteiger partial charge is 0.496 e. The van der Waals surface area contributed by atoms with E-state index in [1.165, 1.54) is 6.07 Å². The second-order valence-electron chi connectivity index (χ2n) is 4.01. The molecule has 0 fully saturated rings. The molecule has 2 aromatic rings. The van der Waals surface area contributed by atoms with E-state index in [9.17, 15) is 4.79 Å². The minimum absolute atomic E-state index is 0.135. The molecule has 0 saturated carbocycles. The maximum atomic E-state index is 11.1. The van der Waals surface area contributed by atoms with Crippen molar-refractivity contribution in [3.63, 3.8) is 0 Å². The van der Waals surface area contributed by atoms with Crippen molar-refractivity contribution in [2.45, 2.75) is 6.92 Å². The van der Waals surface area contributed by atoms with Gasteiger partial charge in [0.1, 0.15) is 17.1 Å². The van der Waals surface area contributed by atoms with E-state index in [-0.39, 0.29) is 5.56 Å². The smallest absolute Gasteiger partial charge is 0.339 e. The van der Waals surface area contributed by atoms with Crippen LogP contribution in [-0.2, 0) is 0 Å². The Morgan fingerprint density at radius 3 is 2.79 bits per heavy atom. The summed E-state index contributed by atoms with van der Waals surface area (Å²) < 4.78 is 5.17. The molecular formula is C14H14N2O3. The molecule has 2 rings (SSSR count). The summed E-state index contributed by atoms with van der Waals surface area (Å²) >= 11 is 0. The van der Waals surface area contributed by atoms with Crippen LogP contribution in [0.1, 0.15) is 15.9 Å². The molecule has 0 bridgehead atoms. The van der Waals surface area contributed by atoms with Crippen LogP contribution >= 0.6 is 0 Å². The third kappa shape index (κ3) is 2.82. The molecule has 5 nitrogen and oxygen atoms in total. The van der Waals surface area contributed by atoms with E-state index < -0.39 is 5.97 Å². The Labute approximate surface area is 110 Å². The standard InChI is InChI=1S/C14H14N2O3/c1-9-8-10(5-6-12(9)19-2)16-13-11(14(17)18)4-3-7-15-13/h3-8H,1-2H3,(H,15,16)(H,17,18). The van der Waals surface area contributed by atoms with Crippen molar-refractivity contribution in [2.24, 2.45) is 0 Å². The van der Waals surface area contributed by atoms with E-state index in [1.54, 1.807) is 19.4 Å². The van der Waals surface area contributed by atoms with Gasteiger partial charge in [-0.25, -0.2) is 9.78 Å². The van der Waals surface area contributed by atoms with Gasteiger partial charge in [-0.1, -0.05) is 0 Å². The summed E-state index contributed by atoms with van der Waals surface area (Å²) in [6.45, 7) is 1.92. The van der Waals surface area contributed by atoms with Gasteiger partial charge in [-0.15, -0.1) is 0 Å². The number of nitrogens with one attached hydrogen (secondary N) is 1. The molecule has 0 aliphatic heterocycles. The molecule has 0 aliphatic carbocycles. The maximum absolute atomic E-state index is 11.1. The Hall–Kier alpha value is -2.56. The van der Waals surface area contributed by atoms with Crippen LogP contribution in [0.5, 0.6) is 5.75 Å². The predicted molar refractivity (Wildman–Crippen MR) is 72.2 cm³/mol. The molecule has 0 radical (unpaired) electrons. The SMILES string of the molecule is COc1ccc(Nc2ncccc2C(=O)O)cc1C. The first kappa shape index (κ1) is 12.9. The molecule has 1 aromatic heterocycles. The highest BCUT2D eigenvalue weighted by Gasteiger charge is 2.10. The third-order valence-electron chi connectivity index (χ3n) is 2.70. The molecule has 0 aliphatic rings. The number of ether oxygens (including phenoxy) is 1. The lowest BCUT2D eigenvalue weighted by Crippen LogP contribution is -2.04. The van der Waals surface area contributed by atoms with Crippen molar-refractivity contribution in [1.29, 1.82) is 0 Å². The molecule has 0 spiro atoms. The van der Waals surface area contributed by atoms with Crippen LogP contribution in [0.4, 0.5) is 11.5 Å². The highest BCUT2D eigenvalue weighted by molar-refractivity contribution is 5.93. The highest BCUT2D eigenvalue weighted by Crippen LogP contribution is 2.24. The normalized spacial score (nSPS) is 10.0. The van der Waals surface area contributed by atoms with Gasteiger partial charge in [-0.3, -0.25) is 0 Å². The van der Waals surface area contributed by atoms with Crippen molar-refractivity contribution < 1.29 is 14.6 Å². The minimum atomic E-state index is -1.01. The fourth-order valence-electron chi connectivity index (χ4n) is 1.77. The molecule has 1 aromatic carbocycles. The van der Waals surface area contributed by atoms with Gasteiger partial charge in [0.25, 0.3) is 0 Å². The second kappa shape index (κ2) is 5.39. The summed E-state index contributed by atoms with van der Waals surface area (Å²) in [7, 11) is 1.61. The topological polar surface area (TPSA) is 71.5 Å². The van der Waals surface area contributed by atoms with Gasteiger partial charge >= 0.3 is 5.97 Å². The number of carboxylic acid groups (broad SMARTS) is 1. The number of hydrogen-bond donors (Lipinski definition) is 2. The molecule has 5 heteroatoms. The predicted octanol–water partition coefficient (Wildman–Crippen LogP) is 2.84. The maximum Gasteiger partial charge on any atom is 0.339 e. The van der Waals surface area contributed by atoms with Gasteiger partial charge in [0.2, 0.25) is 0 Å². The molecule has 0 atom stereocenters. The fourth-order valence-corrected chi connectivity index (χ4v) is 1.77. The molecule has 0 amide bonds. The van der Waals surface area contributed by atoms with Crippen LogP contribution in [0.2, 0.25) is 0 Å². The van der Waals surface area contributed by atoms with Crippen LogP contribution in [0, 0.1) is 6.92 Å². The Morgan fingerprint density at radius 2 is 2.16 bits per heavy atom. The van der Waals surface area contributed by atoms with Crippen LogP contribution in [0.15, 0.2) is 36.5 Å². The number of nitrogens with zero attached hydrogens (tertiary/aromatic N) is 1. The number of aryl methyl sites for hydroxylation is 1. The van der Waals surface area contributed by atoms with Crippen molar-refractivity contribution in [3.05, 3.63) is 47.7 Å². The van der Waals surface area contributed by atoms with Gasteiger partial charge in [-0.05, 0) is 42.8 Å². The zero-order valence-electron chi connectivity index (χ0n) is 10.7. The highest BCUT2D eigenvalue weighted by atomic mass is 16.5. The summed E-state index contributed by atoms with van der Waals surface area (Å²) in [5.41, 5.74) is 1.86. The van der Waals surface area contributed by atoms with Gasteiger partial charge in [0, 0.05) is 11.9 Å². The zero-order chi connectivity index (χ0) is 13.8. The van der Waals surface area contributed by atoms with Crippen molar-refractivity contribution in [2.75, 3.05) is 12.4 Å². The van der Waals surface area contributed by atoms with E-state index in [4.69, 9.17) is 9.84 Å². The Bertz CT molecular complexity index is 611. The Balaban J connectivity index is 2.31. The number of pyridine rings is 1. The Morgan fingerprint density at radius 1 is 1.37 bits per heavy atom. The first-order valence-electron chi connectivity index (χ1n) is 5.72. The van der Waals surface area contributed by atoms with E-state index >= 15 is 0 Å². The van der Waals surface area contributed by atoms with Gasteiger partial charge in [0.05, 0.1) is 7.11 Å². The molecule has 19 heavy (non-hydrogen) atoms. The zero-order valence-corrected chi connectivity index (χ0v) is 10.7. The third-order valence-corrected chi connectivity index (χ3v) is 2.70. The summed E-state index contributed by atoms with van der Waals surface area (Å²) in [5.74, 6) is 0.0884. The summed E-state index contributed by atoms with van der Waals surface area (Å²) in [5, 5.41) is 12.1. The van der Waals surface area contributed by atoms with Gasteiger partial charge < -0.3 is 15.2 Å². The molecule has 2 N–H and O–H groups in total. The molecule has 1 heterocycles. The van der Waals surface area contributed by atoms with Gasteiger partial charge in [-0.2, -0.15) is 0 Å². The number of aromatic carboxylic acids is 1. The number of aromatic nitrogens is 1. The van der Waals surface area contributed by atoms with Gasteiger partial charge in [0.15, 0.2) is 0 Å². The molecule has 0 unspecified atom stereocenters. The molecule has 98 valence electrons. The summed E-state index contributed by atoms with van der Waals surface area (Å²) in [4.78, 5) is 15.1. The lowest BCUT2D eigenvalue weighted by molar-refractivity contribution is 0.0697. The first-order chi connectivity index (χ1) is 9.11. The number of hydrogen-bond acceptors (Lipinski definition) is 4. The Kier molecular flexibility index (Phi) is 3.66. The number of rotatable bonds is 4. The monoisotopic (exact) mass is 258 g/mol. The number of carboxylic acids is 1. The number of carbonyl (C=O) groups is 1.